The van der Waals surface area contributed by atoms with Crippen LogP contribution in [0.2, 0.25) is 0 Å². The molecule has 0 saturated heterocycles. The molecule has 0 radical (unpaired) electrons. The highest BCUT2D eigenvalue weighted by Gasteiger charge is 2.34. The van der Waals surface area contributed by atoms with Crippen molar-refractivity contribution in [1.29, 1.82) is 0 Å². The summed E-state index contributed by atoms with van der Waals surface area (Å²) in [5.74, 6) is -3.06. The summed E-state index contributed by atoms with van der Waals surface area (Å²) in [5.41, 5.74) is 2.51. The van der Waals surface area contributed by atoms with E-state index in [-0.39, 0.29) is 23.1 Å². The number of allylic oxidation sites excluding steroid dienone is 2. The summed E-state index contributed by atoms with van der Waals surface area (Å²) in [7, 11) is 1.77. The topological polar surface area (TPSA) is 122 Å². The van der Waals surface area contributed by atoms with Gasteiger partial charge >= 0.3 is 5.97 Å². The van der Waals surface area contributed by atoms with E-state index < -0.39 is 23.1 Å². The van der Waals surface area contributed by atoms with Crippen LogP contribution in [0.4, 0.5) is 11.4 Å². The summed E-state index contributed by atoms with van der Waals surface area (Å²) in [6.45, 7) is 1.79. The van der Waals surface area contributed by atoms with E-state index in [2.05, 4.69) is 10.6 Å². The zero-order valence-electron chi connectivity index (χ0n) is 23.8. The molecule has 0 saturated carbocycles. The van der Waals surface area contributed by atoms with Crippen LogP contribution in [0.25, 0.3) is 5.69 Å². The largest absolute Gasteiger partial charge is 0.481 e. The molecule has 2 amide bonds. The van der Waals surface area contributed by atoms with Crippen LogP contribution in [-0.2, 0) is 21.4 Å². The number of para-hydroxylation sites is 1. The predicted molar refractivity (Wildman–Crippen MR) is 167 cm³/mol. The fourth-order valence-corrected chi connectivity index (χ4v) is 6.19. The van der Waals surface area contributed by atoms with Crippen LogP contribution in [0.1, 0.15) is 29.3 Å². The zero-order chi connectivity index (χ0) is 30.5. The molecule has 1 aliphatic rings. The fourth-order valence-electron chi connectivity index (χ4n) is 5.17. The number of anilines is 2. The quantitative estimate of drug-likeness (QED) is 0.172. The van der Waals surface area contributed by atoms with E-state index >= 15 is 0 Å². The number of carboxylic acid groups (broad SMARTS) is 1. The molecule has 43 heavy (non-hydrogen) atoms. The molecule has 10 heteroatoms. The molecular formula is C33H32N4O5S. The molecular weight excluding hydrogens is 564 g/mol. The van der Waals surface area contributed by atoms with Crippen molar-refractivity contribution >= 4 is 40.9 Å². The molecule has 220 valence electrons. The molecule has 0 bridgehead atoms. The maximum atomic E-state index is 13.8. The molecule has 3 unspecified atom stereocenters. The van der Waals surface area contributed by atoms with Crippen molar-refractivity contribution in [2.75, 3.05) is 10.6 Å². The molecule has 0 aliphatic heterocycles. The number of amides is 2. The van der Waals surface area contributed by atoms with Crippen LogP contribution < -0.4 is 16.2 Å². The molecule has 4 aromatic rings. The van der Waals surface area contributed by atoms with Crippen LogP contribution >= 0.6 is 11.8 Å². The number of thioether (sulfide) groups is 1. The molecule has 3 atom stereocenters. The predicted octanol–water partition coefficient (Wildman–Crippen LogP) is 5.56. The van der Waals surface area contributed by atoms with E-state index in [1.54, 1.807) is 49.0 Å². The number of rotatable bonds is 9. The first-order chi connectivity index (χ1) is 20.7. The number of aliphatic carboxylic acids is 1. The van der Waals surface area contributed by atoms with Crippen molar-refractivity contribution < 1.29 is 19.5 Å². The van der Waals surface area contributed by atoms with Crippen LogP contribution in [0.5, 0.6) is 0 Å². The highest BCUT2D eigenvalue weighted by atomic mass is 32.2. The Kier molecular flexibility index (Phi) is 8.96. The van der Waals surface area contributed by atoms with Gasteiger partial charge in [-0.25, -0.2) is 4.68 Å². The van der Waals surface area contributed by atoms with Gasteiger partial charge in [0.05, 0.1) is 23.2 Å². The van der Waals surface area contributed by atoms with Gasteiger partial charge in [0.25, 0.3) is 5.56 Å². The minimum Gasteiger partial charge on any atom is -0.481 e. The van der Waals surface area contributed by atoms with E-state index in [1.165, 1.54) is 16.4 Å². The van der Waals surface area contributed by atoms with Gasteiger partial charge in [0.15, 0.2) is 0 Å². The highest BCUT2D eigenvalue weighted by molar-refractivity contribution is 8.00. The number of hydrogen-bond donors (Lipinski definition) is 3. The number of aromatic nitrogens is 2. The van der Waals surface area contributed by atoms with Gasteiger partial charge in [-0.1, -0.05) is 60.7 Å². The summed E-state index contributed by atoms with van der Waals surface area (Å²) in [6.07, 6.45) is 4.34. The molecule has 9 nitrogen and oxygen atoms in total. The van der Waals surface area contributed by atoms with Crippen molar-refractivity contribution in [3.05, 3.63) is 119 Å². The number of carbonyl (C=O) groups is 3. The number of nitrogens with one attached hydrogen (secondary N) is 2. The first kappa shape index (κ1) is 29.7. The Hall–Kier alpha value is -4.83. The molecule has 5 rings (SSSR count). The molecule has 3 N–H and O–H groups in total. The van der Waals surface area contributed by atoms with Gasteiger partial charge in [0, 0.05) is 17.6 Å². The van der Waals surface area contributed by atoms with Gasteiger partial charge in [0.1, 0.15) is 10.9 Å². The zero-order valence-corrected chi connectivity index (χ0v) is 24.6. The van der Waals surface area contributed by atoms with Crippen molar-refractivity contribution in [3.63, 3.8) is 0 Å². The van der Waals surface area contributed by atoms with Crippen molar-refractivity contribution in [2.45, 2.75) is 29.9 Å². The number of hydrogen-bond acceptors (Lipinski definition) is 5. The Labute approximate surface area is 253 Å². The van der Waals surface area contributed by atoms with Crippen LogP contribution in [0, 0.1) is 18.8 Å². The third kappa shape index (κ3) is 6.49. The van der Waals surface area contributed by atoms with E-state index in [0.29, 0.717) is 29.9 Å². The maximum absolute atomic E-state index is 13.8. The van der Waals surface area contributed by atoms with Gasteiger partial charge in [-0.3, -0.25) is 23.9 Å². The van der Waals surface area contributed by atoms with Crippen molar-refractivity contribution in [3.8, 4) is 5.69 Å². The Morgan fingerprint density at radius 1 is 0.860 bits per heavy atom. The van der Waals surface area contributed by atoms with Crippen LogP contribution in [-0.4, -0.2) is 32.3 Å². The standard InChI is InChI=1S/C33H32N4O5S/c1-21-28(32(40)37(36(21)2)24-13-7-4-8-14-24)35-31(39)29(22-11-5-3-6-12-22)43-25-19-17-23(18-20-25)34-30(38)26-15-9-10-16-27(26)33(41)42/h3-14,17-20,26-27,29H,15-16H2,1-2H3,(H,34,38)(H,35,39)(H,41,42). The number of nitrogens with zero attached hydrogens (tertiary/aromatic N) is 2. The Bertz CT molecular complexity index is 1710. The van der Waals surface area contributed by atoms with Gasteiger partial charge in [-0.2, -0.15) is 0 Å². The minimum atomic E-state index is -0.980. The lowest BCUT2D eigenvalue weighted by atomic mass is 9.82. The second-order valence-electron chi connectivity index (χ2n) is 10.3. The fraction of sp³-hybridized carbons (Fsp3) is 0.212. The Morgan fingerprint density at radius 3 is 2.09 bits per heavy atom. The third-order valence-corrected chi connectivity index (χ3v) is 8.87. The summed E-state index contributed by atoms with van der Waals surface area (Å²) in [6, 6.07) is 25.6. The number of carbonyl (C=O) groups excluding carboxylic acids is 2. The lowest BCUT2D eigenvalue weighted by Gasteiger charge is -2.24. The molecule has 1 aliphatic carbocycles. The average molecular weight is 597 g/mol. The smallest absolute Gasteiger partial charge is 0.307 e. The molecule has 0 spiro atoms. The Balaban J connectivity index is 1.35. The lowest BCUT2D eigenvalue weighted by molar-refractivity contribution is -0.146. The van der Waals surface area contributed by atoms with Crippen LogP contribution in [0.15, 0.2) is 107 Å². The van der Waals surface area contributed by atoms with Gasteiger partial charge in [-0.15, -0.1) is 11.8 Å². The van der Waals surface area contributed by atoms with Gasteiger partial charge < -0.3 is 15.7 Å². The molecule has 1 aromatic heterocycles. The van der Waals surface area contributed by atoms with Gasteiger partial charge in [-0.05, 0) is 61.7 Å². The molecule has 0 fully saturated rings. The first-order valence-electron chi connectivity index (χ1n) is 13.9. The third-order valence-electron chi connectivity index (χ3n) is 7.61. The first-order valence-corrected chi connectivity index (χ1v) is 14.8. The second-order valence-corrected chi connectivity index (χ2v) is 11.5. The minimum absolute atomic E-state index is 0.216. The summed E-state index contributed by atoms with van der Waals surface area (Å²) in [5, 5.41) is 14.6. The van der Waals surface area contributed by atoms with Crippen LogP contribution in [0.3, 0.4) is 0 Å². The number of benzene rings is 3. The monoisotopic (exact) mass is 596 g/mol. The van der Waals surface area contributed by atoms with E-state index in [0.717, 1.165) is 10.5 Å². The second kappa shape index (κ2) is 13.0. The van der Waals surface area contributed by atoms with E-state index in [1.807, 2.05) is 66.7 Å². The number of carboxylic acids is 1. The highest BCUT2D eigenvalue weighted by Crippen LogP contribution is 2.37. The summed E-state index contributed by atoms with van der Waals surface area (Å²) >= 11 is 1.32. The van der Waals surface area contributed by atoms with E-state index in [4.69, 9.17) is 0 Å². The lowest BCUT2D eigenvalue weighted by Crippen LogP contribution is -2.34. The van der Waals surface area contributed by atoms with Crippen molar-refractivity contribution in [1.82, 2.24) is 9.36 Å². The summed E-state index contributed by atoms with van der Waals surface area (Å²) < 4.78 is 3.23. The molecule has 1 heterocycles. The normalized spacial score (nSPS) is 16.8. The SMILES string of the molecule is Cc1c(NC(=O)C(Sc2ccc(NC(=O)C3CC=CCC3C(=O)O)cc2)c2ccccc2)c(=O)n(-c2ccccc2)n1C. The summed E-state index contributed by atoms with van der Waals surface area (Å²) in [4.78, 5) is 52.4. The van der Waals surface area contributed by atoms with E-state index in [9.17, 15) is 24.3 Å². The molecule has 3 aromatic carbocycles. The maximum Gasteiger partial charge on any atom is 0.307 e. The van der Waals surface area contributed by atoms with Gasteiger partial charge in [0.2, 0.25) is 11.8 Å². The Morgan fingerprint density at radius 2 is 1.47 bits per heavy atom. The van der Waals surface area contributed by atoms with Crippen molar-refractivity contribution in [2.24, 2.45) is 18.9 Å². The average Bonchev–Trinajstić information content (AvgIpc) is 3.24.